The largest absolute Gasteiger partial charge is 0.481 e. The second kappa shape index (κ2) is 4.15. The van der Waals surface area contributed by atoms with Gasteiger partial charge in [-0.2, -0.15) is 0 Å². The van der Waals surface area contributed by atoms with Crippen molar-refractivity contribution in [2.45, 2.75) is 27.3 Å². The minimum Gasteiger partial charge on any atom is -0.481 e. The Morgan fingerprint density at radius 1 is 1.39 bits per heavy atom. The van der Waals surface area contributed by atoms with Crippen LogP contribution in [0, 0.1) is 24.2 Å². The lowest BCUT2D eigenvalue weighted by molar-refractivity contribution is -0.140. The van der Waals surface area contributed by atoms with Gasteiger partial charge in [0.1, 0.15) is 11.5 Å². The fraction of sp³-hybridized carbons (Fsp3) is 0.538. The van der Waals surface area contributed by atoms with Crippen molar-refractivity contribution < 1.29 is 19.1 Å². The van der Waals surface area contributed by atoms with E-state index in [0.29, 0.717) is 12.3 Å². The maximum absolute atomic E-state index is 11.9. The van der Waals surface area contributed by atoms with Crippen molar-refractivity contribution in [1.29, 1.82) is 0 Å². The van der Waals surface area contributed by atoms with Crippen molar-refractivity contribution in [2.75, 3.05) is 0 Å². The number of carbonyl (C=O) groups excluding carboxylic acids is 1. The number of aryl methyl sites for hydroxylation is 1. The molecule has 1 heterocycles. The number of nitrogens with one attached hydrogen (secondary N) is 1. The zero-order chi connectivity index (χ0) is 13.5. The third-order valence-corrected chi connectivity index (χ3v) is 3.61. The Bertz CT molecular complexity index is 489. The van der Waals surface area contributed by atoms with Gasteiger partial charge in [-0.15, -0.1) is 0 Å². The van der Waals surface area contributed by atoms with Gasteiger partial charge in [0, 0.05) is 0 Å². The SMILES string of the molecule is Cc1ccc(CNC(=O)C2C(C(=O)O)C2(C)C)o1. The summed E-state index contributed by atoms with van der Waals surface area (Å²) < 4.78 is 5.33. The molecule has 0 aromatic carbocycles. The average molecular weight is 251 g/mol. The number of hydrogen-bond donors (Lipinski definition) is 2. The Morgan fingerprint density at radius 3 is 2.50 bits per heavy atom. The van der Waals surface area contributed by atoms with Crippen molar-refractivity contribution in [3.05, 3.63) is 23.7 Å². The molecule has 5 nitrogen and oxygen atoms in total. The highest BCUT2D eigenvalue weighted by Gasteiger charge is 2.65. The molecule has 2 N–H and O–H groups in total. The Balaban J connectivity index is 1.92. The highest BCUT2D eigenvalue weighted by Crippen LogP contribution is 2.58. The molecule has 5 heteroatoms. The molecule has 98 valence electrons. The standard InChI is InChI=1S/C13H17NO4/c1-7-4-5-8(18-7)6-14-11(15)9-10(12(16)17)13(9,2)3/h4-5,9-10H,6H2,1-3H3,(H,14,15)(H,16,17). The Labute approximate surface area is 105 Å². The third kappa shape index (κ3) is 2.12. The number of rotatable bonds is 4. The van der Waals surface area contributed by atoms with Gasteiger partial charge in [-0.25, -0.2) is 0 Å². The van der Waals surface area contributed by atoms with Crippen LogP contribution < -0.4 is 5.32 Å². The van der Waals surface area contributed by atoms with Gasteiger partial charge in [0.05, 0.1) is 18.4 Å². The van der Waals surface area contributed by atoms with E-state index in [1.165, 1.54) is 0 Å². The lowest BCUT2D eigenvalue weighted by Gasteiger charge is -2.04. The number of amides is 1. The lowest BCUT2D eigenvalue weighted by Crippen LogP contribution is -2.26. The fourth-order valence-electron chi connectivity index (χ4n) is 2.45. The molecule has 0 saturated heterocycles. The van der Waals surface area contributed by atoms with Crippen LogP contribution in [0.5, 0.6) is 0 Å². The maximum Gasteiger partial charge on any atom is 0.307 e. The molecular weight excluding hydrogens is 234 g/mol. The molecule has 1 aromatic rings. The van der Waals surface area contributed by atoms with Crippen LogP contribution in [0.2, 0.25) is 0 Å². The van der Waals surface area contributed by atoms with E-state index >= 15 is 0 Å². The molecule has 2 unspecified atom stereocenters. The quantitative estimate of drug-likeness (QED) is 0.851. The smallest absolute Gasteiger partial charge is 0.307 e. The molecule has 1 fully saturated rings. The van der Waals surface area contributed by atoms with Crippen LogP contribution in [0.3, 0.4) is 0 Å². The molecule has 1 saturated carbocycles. The summed E-state index contributed by atoms with van der Waals surface area (Å²) in [5, 5.41) is 11.7. The van der Waals surface area contributed by atoms with Gasteiger partial charge in [0.25, 0.3) is 0 Å². The summed E-state index contributed by atoms with van der Waals surface area (Å²) in [5.74, 6) is -0.710. The van der Waals surface area contributed by atoms with Crippen LogP contribution in [-0.4, -0.2) is 17.0 Å². The van der Waals surface area contributed by atoms with Gasteiger partial charge < -0.3 is 14.8 Å². The van der Waals surface area contributed by atoms with E-state index in [2.05, 4.69) is 5.32 Å². The van der Waals surface area contributed by atoms with Crippen molar-refractivity contribution in [1.82, 2.24) is 5.32 Å². The molecule has 1 amide bonds. The van der Waals surface area contributed by atoms with Gasteiger partial charge in [0.2, 0.25) is 5.91 Å². The molecule has 1 aliphatic carbocycles. The first-order valence-electron chi connectivity index (χ1n) is 5.90. The molecule has 2 rings (SSSR count). The molecule has 1 aliphatic rings. The second-order valence-electron chi connectivity index (χ2n) is 5.35. The fourth-order valence-corrected chi connectivity index (χ4v) is 2.45. The second-order valence-corrected chi connectivity index (χ2v) is 5.35. The predicted molar refractivity (Wildman–Crippen MR) is 63.7 cm³/mol. The summed E-state index contributed by atoms with van der Waals surface area (Å²) in [5.41, 5.74) is -0.463. The van der Waals surface area contributed by atoms with Gasteiger partial charge in [-0.1, -0.05) is 13.8 Å². The van der Waals surface area contributed by atoms with Crippen molar-refractivity contribution in [3.63, 3.8) is 0 Å². The number of carboxylic acids is 1. The van der Waals surface area contributed by atoms with Crippen LogP contribution in [0.25, 0.3) is 0 Å². The number of furan rings is 1. The first-order chi connectivity index (χ1) is 8.34. The van der Waals surface area contributed by atoms with E-state index in [4.69, 9.17) is 9.52 Å². The third-order valence-electron chi connectivity index (χ3n) is 3.61. The van der Waals surface area contributed by atoms with Gasteiger partial charge in [0.15, 0.2) is 0 Å². The van der Waals surface area contributed by atoms with E-state index < -0.39 is 23.2 Å². The summed E-state index contributed by atoms with van der Waals surface area (Å²) in [6.45, 7) is 5.72. The van der Waals surface area contributed by atoms with Crippen molar-refractivity contribution in [2.24, 2.45) is 17.3 Å². The number of carboxylic acid groups (broad SMARTS) is 1. The topological polar surface area (TPSA) is 79.5 Å². The van der Waals surface area contributed by atoms with E-state index in [-0.39, 0.29) is 5.91 Å². The lowest BCUT2D eigenvalue weighted by atomic mass is 10.1. The minimum atomic E-state index is -0.908. The highest BCUT2D eigenvalue weighted by molar-refractivity contribution is 5.91. The zero-order valence-electron chi connectivity index (χ0n) is 10.7. The molecule has 0 aliphatic heterocycles. The summed E-state index contributed by atoms with van der Waals surface area (Å²) in [6.07, 6.45) is 0. The molecule has 0 radical (unpaired) electrons. The predicted octanol–water partition coefficient (Wildman–Crippen LogP) is 1.56. The van der Waals surface area contributed by atoms with E-state index in [1.54, 1.807) is 19.9 Å². The molecule has 18 heavy (non-hydrogen) atoms. The number of hydrogen-bond acceptors (Lipinski definition) is 3. The molecule has 2 atom stereocenters. The number of aliphatic carboxylic acids is 1. The van der Waals surface area contributed by atoms with Gasteiger partial charge in [-0.05, 0) is 24.5 Å². The average Bonchev–Trinajstić information content (AvgIpc) is 2.63. The first-order valence-corrected chi connectivity index (χ1v) is 5.90. The van der Waals surface area contributed by atoms with E-state index in [1.807, 2.05) is 13.0 Å². The molecule has 0 spiro atoms. The molecule has 0 bridgehead atoms. The van der Waals surface area contributed by atoms with Crippen LogP contribution in [0.1, 0.15) is 25.4 Å². The monoisotopic (exact) mass is 251 g/mol. The summed E-state index contributed by atoms with van der Waals surface area (Å²) in [6, 6.07) is 3.62. The highest BCUT2D eigenvalue weighted by atomic mass is 16.4. The normalized spacial score (nSPS) is 24.6. The van der Waals surface area contributed by atoms with Crippen LogP contribution in [0.15, 0.2) is 16.5 Å². The van der Waals surface area contributed by atoms with E-state index in [9.17, 15) is 9.59 Å². The van der Waals surface area contributed by atoms with Crippen LogP contribution >= 0.6 is 0 Å². The van der Waals surface area contributed by atoms with E-state index in [0.717, 1.165) is 5.76 Å². The number of carbonyl (C=O) groups is 2. The minimum absolute atomic E-state index is 0.221. The summed E-state index contributed by atoms with van der Waals surface area (Å²) in [7, 11) is 0. The Hall–Kier alpha value is -1.78. The van der Waals surface area contributed by atoms with Crippen LogP contribution in [0.4, 0.5) is 0 Å². The first kappa shape index (κ1) is 12.7. The summed E-state index contributed by atoms with van der Waals surface area (Å²) >= 11 is 0. The Kier molecular flexibility index (Phi) is 2.92. The zero-order valence-corrected chi connectivity index (χ0v) is 10.7. The Morgan fingerprint density at radius 2 is 2.06 bits per heavy atom. The molecule has 1 aromatic heterocycles. The van der Waals surface area contributed by atoms with Crippen molar-refractivity contribution in [3.8, 4) is 0 Å². The molecular formula is C13H17NO4. The summed E-state index contributed by atoms with van der Waals surface area (Å²) in [4.78, 5) is 22.9. The van der Waals surface area contributed by atoms with Crippen molar-refractivity contribution >= 4 is 11.9 Å². The maximum atomic E-state index is 11.9. The van der Waals surface area contributed by atoms with Gasteiger partial charge in [-0.3, -0.25) is 9.59 Å². The van der Waals surface area contributed by atoms with Crippen LogP contribution in [-0.2, 0) is 16.1 Å². The van der Waals surface area contributed by atoms with Gasteiger partial charge >= 0.3 is 5.97 Å².